The number of aliphatic hydroxyl groups excluding tert-OH is 1. The van der Waals surface area contributed by atoms with Gasteiger partial charge in [0.2, 0.25) is 5.91 Å². The Hall–Kier alpha value is -1.00. The molecule has 0 saturated heterocycles. The van der Waals surface area contributed by atoms with Crippen molar-refractivity contribution < 1.29 is 9.90 Å². The molecule has 0 aromatic heterocycles. The minimum Gasteiger partial charge on any atom is -0.393 e. The van der Waals surface area contributed by atoms with Gasteiger partial charge in [-0.1, -0.05) is 17.7 Å². The van der Waals surface area contributed by atoms with E-state index in [0.29, 0.717) is 12.3 Å². The van der Waals surface area contributed by atoms with Gasteiger partial charge in [-0.05, 0) is 38.8 Å². The van der Waals surface area contributed by atoms with Gasteiger partial charge >= 0.3 is 0 Å². The van der Waals surface area contributed by atoms with E-state index in [0.717, 1.165) is 17.7 Å². The molecule has 1 rings (SSSR count). The normalized spacial score (nSPS) is 12.2. The number of amides is 1. The maximum absolute atomic E-state index is 11.5. The van der Waals surface area contributed by atoms with Crippen LogP contribution >= 0.6 is 11.8 Å². The van der Waals surface area contributed by atoms with Crippen LogP contribution in [0, 0.1) is 6.92 Å². The second-order valence-corrected chi connectivity index (χ2v) is 5.49. The molecule has 0 radical (unpaired) electrons. The highest BCUT2D eigenvalue weighted by Crippen LogP contribution is 2.17. The first-order chi connectivity index (χ1) is 8.58. The molecule has 1 atom stereocenters. The molecule has 0 aliphatic rings. The summed E-state index contributed by atoms with van der Waals surface area (Å²) in [5, 5.41) is 11.9. The Labute approximate surface area is 113 Å². The topological polar surface area (TPSA) is 49.3 Å². The Morgan fingerprint density at radius 2 is 2.06 bits per heavy atom. The molecule has 0 spiro atoms. The van der Waals surface area contributed by atoms with Crippen molar-refractivity contribution in [2.24, 2.45) is 0 Å². The average Bonchev–Trinajstić information content (AvgIpc) is 2.34. The van der Waals surface area contributed by atoms with Crippen molar-refractivity contribution in [3.8, 4) is 0 Å². The van der Waals surface area contributed by atoms with Crippen LogP contribution in [-0.2, 0) is 4.79 Å². The lowest BCUT2D eigenvalue weighted by atomic mass is 10.2. The highest BCUT2D eigenvalue weighted by molar-refractivity contribution is 8.00. The monoisotopic (exact) mass is 267 g/mol. The summed E-state index contributed by atoms with van der Waals surface area (Å²) < 4.78 is 0. The average molecular weight is 267 g/mol. The minimum atomic E-state index is -0.288. The number of thioether (sulfide) groups is 1. The van der Waals surface area contributed by atoms with Crippen LogP contribution in [-0.4, -0.2) is 29.4 Å². The first-order valence-corrected chi connectivity index (χ1v) is 7.20. The zero-order valence-corrected chi connectivity index (χ0v) is 11.8. The largest absolute Gasteiger partial charge is 0.393 e. The summed E-state index contributed by atoms with van der Waals surface area (Å²) in [6.45, 7) is 4.44. The molecule has 0 bridgehead atoms. The Morgan fingerprint density at radius 1 is 1.39 bits per heavy atom. The molecule has 4 heteroatoms. The molecule has 0 fully saturated rings. The van der Waals surface area contributed by atoms with Crippen molar-refractivity contribution in [1.82, 2.24) is 5.32 Å². The van der Waals surface area contributed by atoms with Gasteiger partial charge in [0.25, 0.3) is 0 Å². The van der Waals surface area contributed by atoms with Crippen molar-refractivity contribution in [2.45, 2.75) is 37.7 Å². The van der Waals surface area contributed by atoms with Gasteiger partial charge in [0.1, 0.15) is 0 Å². The van der Waals surface area contributed by atoms with Crippen molar-refractivity contribution in [3.05, 3.63) is 29.8 Å². The van der Waals surface area contributed by atoms with Crippen LogP contribution in [0.15, 0.2) is 29.2 Å². The maximum Gasteiger partial charge on any atom is 0.230 e. The second-order valence-electron chi connectivity index (χ2n) is 4.44. The number of carbonyl (C=O) groups is 1. The SMILES string of the molecule is Cc1ccc(SCC(=O)NCCCC(C)O)cc1. The fourth-order valence-corrected chi connectivity index (χ4v) is 2.19. The molecule has 0 heterocycles. The fourth-order valence-electron chi connectivity index (χ4n) is 1.46. The maximum atomic E-state index is 11.5. The van der Waals surface area contributed by atoms with E-state index in [9.17, 15) is 4.79 Å². The molecule has 18 heavy (non-hydrogen) atoms. The van der Waals surface area contributed by atoms with Crippen LogP contribution in [0.3, 0.4) is 0 Å². The van der Waals surface area contributed by atoms with Gasteiger partial charge < -0.3 is 10.4 Å². The molecule has 1 aromatic carbocycles. The summed E-state index contributed by atoms with van der Waals surface area (Å²) in [7, 11) is 0. The number of hydrogen-bond acceptors (Lipinski definition) is 3. The van der Waals surface area contributed by atoms with Crippen molar-refractivity contribution in [1.29, 1.82) is 0 Å². The Morgan fingerprint density at radius 3 is 2.67 bits per heavy atom. The molecular weight excluding hydrogens is 246 g/mol. The fraction of sp³-hybridized carbons (Fsp3) is 0.500. The molecule has 2 N–H and O–H groups in total. The molecule has 100 valence electrons. The van der Waals surface area contributed by atoms with E-state index >= 15 is 0 Å². The van der Waals surface area contributed by atoms with E-state index in [-0.39, 0.29) is 12.0 Å². The summed E-state index contributed by atoms with van der Waals surface area (Å²) in [6.07, 6.45) is 1.26. The summed E-state index contributed by atoms with van der Waals surface area (Å²) in [4.78, 5) is 12.6. The smallest absolute Gasteiger partial charge is 0.230 e. The number of carbonyl (C=O) groups excluding carboxylic acids is 1. The van der Waals surface area contributed by atoms with E-state index in [4.69, 9.17) is 5.11 Å². The van der Waals surface area contributed by atoms with Gasteiger partial charge in [0.05, 0.1) is 11.9 Å². The van der Waals surface area contributed by atoms with E-state index in [1.807, 2.05) is 31.2 Å². The van der Waals surface area contributed by atoms with Crippen molar-refractivity contribution in [3.63, 3.8) is 0 Å². The van der Waals surface area contributed by atoms with E-state index < -0.39 is 0 Å². The predicted molar refractivity (Wildman–Crippen MR) is 75.8 cm³/mol. The molecule has 1 aromatic rings. The van der Waals surface area contributed by atoms with Crippen LogP contribution in [0.25, 0.3) is 0 Å². The van der Waals surface area contributed by atoms with Gasteiger partial charge in [0.15, 0.2) is 0 Å². The van der Waals surface area contributed by atoms with Crippen LogP contribution in [0.1, 0.15) is 25.3 Å². The molecule has 0 saturated carbocycles. The Kier molecular flexibility index (Phi) is 6.83. The third-order valence-corrected chi connectivity index (χ3v) is 3.52. The summed E-state index contributed by atoms with van der Waals surface area (Å²) in [5.74, 6) is 0.490. The van der Waals surface area contributed by atoms with Crippen LogP contribution in [0.5, 0.6) is 0 Å². The minimum absolute atomic E-state index is 0.0474. The highest BCUT2D eigenvalue weighted by atomic mass is 32.2. The molecular formula is C14H21NO2S. The zero-order valence-electron chi connectivity index (χ0n) is 11.0. The van der Waals surface area contributed by atoms with Gasteiger partial charge in [-0.15, -0.1) is 11.8 Å². The predicted octanol–water partition coefficient (Wildman–Crippen LogP) is 2.36. The standard InChI is InChI=1S/C14H21NO2S/c1-11-5-7-13(8-6-11)18-10-14(17)15-9-3-4-12(2)16/h5-8,12,16H,3-4,9-10H2,1-2H3,(H,15,17). The first-order valence-electron chi connectivity index (χ1n) is 6.22. The van der Waals surface area contributed by atoms with Gasteiger partial charge in [0, 0.05) is 11.4 Å². The molecule has 1 unspecified atom stereocenters. The number of aliphatic hydroxyl groups is 1. The van der Waals surface area contributed by atoms with E-state index in [1.54, 1.807) is 18.7 Å². The zero-order chi connectivity index (χ0) is 13.4. The molecule has 0 aliphatic carbocycles. The second kappa shape index (κ2) is 8.16. The van der Waals surface area contributed by atoms with Crippen LogP contribution < -0.4 is 5.32 Å². The summed E-state index contributed by atoms with van der Waals surface area (Å²) >= 11 is 1.54. The Balaban J connectivity index is 2.15. The summed E-state index contributed by atoms with van der Waals surface area (Å²) in [6, 6.07) is 8.15. The number of nitrogens with one attached hydrogen (secondary N) is 1. The number of hydrogen-bond donors (Lipinski definition) is 2. The van der Waals surface area contributed by atoms with Crippen molar-refractivity contribution >= 4 is 17.7 Å². The molecule has 0 aliphatic heterocycles. The number of benzene rings is 1. The van der Waals surface area contributed by atoms with Crippen LogP contribution in [0.4, 0.5) is 0 Å². The lowest BCUT2D eigenvalue weighted by Gasteiger charge is -2.06. The molecule has 1 amide bonds. The highest BCUT2D eigenvalue weighted by Gasteiger charge is 2.02. The lowest BCUT2D eigenvalue weighted by Crippen LogP contribution is -2.26. The number of rotatable bonds is 7. The van der Waals surface area contributed by atoms with Gasteiger partial charge in [-0.25, -0.2) is 0 Å². The third-order valence-electron chi connectivity index (χ3n) is 2.51. The van der Waals surface area contributed by atoms with Gasteiger partial charge in [-0.2, -0.15) is 0 Å². The van der Waals surface area contributed by atoms with Crippen molar-refractivity contribution in [2.75, 3.05) is 12.3 Å². The summed E-state index contributed by atoms with van der Waals surface area (Å²) in [5.41, 5.74) is 1.22. The van der Waals surface area contributed by atoms with E-state index in [1.165, 1.54) is 5.56 Å². The quantitative estimate of drug-likeness (QED) is 0.589. The lowest BCUT2D eigenvalue weighted by molar-refractivity contribution is -0.118. The molecule has 3 nitrogen and oxygen atoms in total. The third kappa shape index (κ3) is 6.67. The number of aryl methyl sites for hydroxylation is 1. The van der Waals surface area contributed by atoms with Gasteiger partial charge in [-0.3, -0.25) is 4.79 Å². The van der Waals surface area contributed by atoms with Crippen LogP contribution in [0.2, 0.25) is 0 Å². The van der Waals surface area contributed by atoms with E-state index in [2.05, 4.69) is 5.32 Å². The first kappa shape index (κ1) is 15.1. The Bertz CT molecular complexity index is 363.